The summed E-state index contributed by atoms with van der Waals surface area (Å²) in [6.07, 6.45) is -0.153. The number of para-hydroxylation sites is 2. The number of carbonyl (C=O) groups excluding carboxylic acids is 2. The van der Waals surface area contributed by atoms with E-state index < -0.39 is 9.84 Å². The van der Waals surface area contributed by atoms with Crippen molar-refractivity contribution in [2.24, 2.45) is 0 Å². The molecule has 0 fully saturated rings. The first kappa shape index (κ1) is 19.6. The number of carbonyl (C=O) groups is 2. The lowest BCUT2D eigenvalue weighted by atomic mass is 10.2. The van der Waals surface area contributed by atoms with Gasteiger partial charge in [0, 0.05) is 25.6 Å². The van der Waals surface area contributed by atoms with Crippen LogP contribution in [0.25, 0.3) is 11.0 Å². The molecule has 0 saturated carbocycles. The van der Waals surface area contributed by atoms with Gasteiger partial charge in [0.15, 0.2) is 16.4 Å². The van der Waals surface area contributed by atoms with E-state index in [1.165, 1.54) is 6.07 Å². The van der Waals surface area contributed by atoms with Crippen LogP contribution < -0.4 is 15.0 Å². The van der Waals surface area contributed by atoms with E-state index in [9.17, 15) is 18.0 Å². The molecule has 0 unspecified atom stereocenters. The van der Waals surface area contributed by atoms with Crippen LogP contribution in [0.5, 0.6) is 5.75 Å². The Morgan fingerprint density at radius 3 is 2.87 bits per heavy atom. The maximum atomic E-state index is 13.0. The zero-order valence-electron chi connectivity index (χ0n) is 16.8. The molecule has 0 spiro atoms. The van der Waals surface area contributed by atoms with Crippen molar-refractivity contribution in [3.05, 3.63) is 42.0 Å². The van der Waals surface area contributed by atoms with Gasteiger partial charge in [0.05, 0.1) is 27.4 Å². The first-order valence-electron chi connectivity index (χ1n) is 9.89. The van der Waals surface area contributed by atoms with Crippen LogP contribution in [0.3, 0.4) is 0 Å². The van der Waals surface area contributed by atoms with Crippen LogP contribution in [0, 0.1) is 6.92 Å². The highest BCUT2D eigenvalue weighted by atomic mass is 32.2. The lowest BCUT2D eigenvalue weighted by molar-refractivity contribution is -0.119. The molecule has 0 bridgehead atoms. The van der Waals surface area contributed by atoms with E-state index >= 15 is 0 Å². The van der Waals surface area contributed by atoms with Gasteiger partial charge in [-0.3, -0.25) is 14.5 Å². The van der Waals surface area contributed by atoms with E-state index in [1.54, 1.807) is 17.9 Å². The number of hydrogen-bond acceptors (Lipinski definition) is 6. The molecule has 2 aliphatic rings. The Bertz CT molecular complexity index is 1350. The summed E-state index contributed by atoms with van der Waals surface area (Å²) in [5.74, 6) is -0.0308. The largest absolute Gasteiger partial charge is 0.482 e. The van der Waals surface area contributed by atoms with Crippen molar-refractivity contribution in [1.29, 1.82) is 0 Å². The van der Waals surface area contributed by atoms with Crippen LogP contribution in [0.2, 0.25) is 0 Å². The molecular formula is C21H20N4O5S. The van der Waals surface area contributed by atoms with E-state index in [1.807, 2.05) is 28.8 Å². The second-order valence-corrected chi connectivity index (χ2v) is 9.69. The number of ether oxygens (including phenoxy) is 1. The van der Waals surface area contributed by atoms with Gasteiger partial charge in [0.1, 0.15) is 5.75 Å². The molecule has 1 N–H and O–H groups in total. The minimum atomic E-state index is -3.73. The van der Waals surface area contributed by atoms with Crippen molar-refractivity contribution in [3.8, 4) is 5.75 Å². The van der Waals surface area contributed by atoms with Gasteiger partial charge in [-0.05, 0) is 30.7 Å². The molecule has 0 saturated heterocycles. The summed E-state index contributed by atoms with van der Waals surface area (Å²) in [4.78, 5) is 30.5. The van der Waals surface area contributed by atoms with Gasteiger partial charge >= 0.3 is 0 Å². The maximum absolute atomic E-state index is 13.0. The fourth-order valence-electron chi connectivity index (χ4n) is 4.04. The van der Waals surface area contributed by atoms with Gasteiger partial charge in [-0.25, -0.2) is 13.4 Å². The predicted octanol–water partition coefficient (Wildman–Crippen LogP) is 1.89. The number of benzene rings is 2. The highest BCUT2D eigenvalue weighted by Gasteiger charge is 2.30. The van der Waals surface area contributed by atoms with Crippen molar-refractivity contribution in [2.45, 2.75) is 24.8 Å². The van der Waals surface area contributed by atoms with Crippen molar-refractivity contribution < 1.29 is 22.7 Å². The molecule has 1 aromatic heterocycles. The first-order valence-corrected chi connectivity index (χ1v) is 11.5. The SMILES string of the molecule is Cc1cc2c(cc1S(=O)(=O)CCC(=O)N1CCn3c1nc1ccccc13)OCC(=O)N2. The van der Waals surface area contributed by atoms with Crippen molar-refractivity contribution in [3.63, 3.8) is 0 Å². The van der Waals surface area contributed by atoms with E-state index in [-0.39, 0.29) is 35.5 Å². The van der Waals surface area contributed by atoms with E-state index in [2.05, 4.69) is 10.3 Å². The van der Waals surface area contributed by atoms with E-state index in [0.29, 0.717) is 36.0 Å². The van der Waals surface area contributed by atoms with E-state index in [0.717, 1.165) is 11.0 Å². The molecule has 3 aromatic rings. The van der Waals surface area contributed by atoms with Crippen LogP contribution in [0.15, 0.2) is 41.3 Å². The van der Waals surface area contributed by atoms with E-state index in [4.69, 9.17) is 4.74 Å². The van der Waals surface area contributed by atoms with Gasteiger partial charge in [-0.1, -0.05) is 12.1 Å². The fraction of sp³-hybridized carbons (Fsp3) is 0.286. The van der Waals surface area contributed by atoms with Crippen LogP contribution in [-0.4, -0.2) is 48.7 Å². The fourth-order valence-corrected chi connectivity index (χ4v) is 5.54. The number of anilines is 2. The zero-order chi connectivity index (χ0) is 21.8. The molecule has 3 heterocycles. The Kier molecular flexibility index (Phi) is 4.47. The normalized spacial score (nSPS) is 15.4. The third kappa shape index (κ3) is 3.32. The summed E-state index contributed by atoms with van der Waals surface area (Å²) in [5, 5.41) is 2.66. The quantitative estimate of drug-likeness (QED) is 0.663. The number of nitrogens with one attached hydrogen (secondary N) is 1. The smallest absolute Gasteiger partial charge is 0.262 e. The lowest BCUT2D eigenvalue weighted by Crippen LogP contribution is -2.31. The van der Waals surface area contributed by atoms with Crippen LogP contribution >= 0.6 is 0 Å². The second-order valence-electron chi connectivity index (χ2n) is 7.62. The molecule has 0 aliphatic carbocycles. The van der Waals surface area contributed by atoms with Gasteiger partial charge in [-0.15, -0.1) is 0 Å². The maximum Gasteiger partial charge on any atom is 0.262 e. The summed E-state index contributed by atoms with van der Waals surface area (Å²) in [6, 6.07) is 10.6. The van der Waals surface area contributed by atoms with Gasteiger partial charge in [-0.2, -0.15) is 0 Å². The number of fused-ring (bicyclic) bond motifs is 4. The molecule has 5 rings (SSSR count). The Labute approximate surface area is 178 Å². The van der Waals surface area contributed by atoms with Gasteiger partial charge < -0.3 is 14.6 Å². The molecular weight excluding hydrogens is 420 g/mol. The van der Waals surface area contributed by atoms with Gasteiger partial charge in [0.2, 0.25) is 11.9 Å². The van der Waals surface area contributed by atoms with Gasteiger partial charge in [0.25, 0.3) is 5.91 Å². The molecule has 0 radical (unpaired) electrons. The standard InChI is InChI=1S/C21H20N4O5S/c1-13-10-15-17(30-12-19(26)22-15)11-18(13)31(28,29)9-6-20(27)25-8-7-24-16-5-3-2-4-14(16)23-21(24)25/h2-5,10-11H,6-9,12H2,1H3,(H,22,26). The van der Waals surface area contributed by atoms with Crippen molar-refractivity contribution >= 4 is 44.3 Å². The third-order valence-corrected chi connectivity index (χ3v) is 7.41. The monoisotopic (exact) mass is 440 g/mol. The molecule has 2 aliphatic heterocycles. The average Bonchev–Trinajstić information content (AvgIpc) is 3.30. The molecule has 2 amide bonds. The summed E-state index contributed by atoms with van der Waals surface area (Å²) >= 11 is 0. The second kappa shape index (κ2) is 7.09. The summed E-state index contributed by atoms with van der Waals surface area (Å²) in [7, 11) is -3.73. The van der Waals surface area contributed by atoms with Crippen LogP contribution in [0.1, 0.15) is 12.0 Å². The number of amides is 2. The summed E-state index contributed by atoms with van der Waals surface area (Å²) in [6.45, 7) is 2.58. The lowest BCUT2D eigenvalue weighted by Gasteiger charge is -2.20. The number of imidazole rings is 1. The molecule has 9 nitrogen and oxygen atoms in total. The molecule has 2 aromatic carbocycles. The Balaban J connectivity index is 1.35. The number of nitrogens with zero attached hydrogens (tertiary/aromatic N) is 3. The van der Waals surface area contributed by atoms with Crippen LogP contribution in [0.4, 0.5) is 11.6 Å². The topological polar surface area (TPSA) is 111 Å². The average molecular weight is 440 g/mol. The summed E-state index contributed by atoms with van der Waals surface area (Å²) in [5.41, 5.74) is 2.69. The number of sulfone groups is 1. The highest BCUT2D eigenvalue weighted by molar-refractivity contribution is 7.91. The van der Waals surface area contributed by atoms with Crippen molar-refractivity contribution in [2.75, 3.05) is 29.1 Å². The predicted molar refractivity (Wildman–Crippen MR) is 114 cm³/mol. The Morgan fingerprint density at radius 2 is 2.03 bits per heavy atom. The minimum absolute atomic E-state index is 0.101. The number of aromatic nitrogens is 2. The minimum Gasteiger partial charge on any atom is -0.482 e. The third-order valence-electron chi connectivity index (χ3n) is 5.55. The highest BCUT2D eigenvalue weighted by Crippen LogP contribution is 2.34. The number of rotatable bonds is 4. The van der Waals surface area contributed by atoms with Crippen molar-refractivity contribution in [1.82, 2.24) is 9.55 Å². The molecule has 160 valence electrons. The molecule has 0 atom stereocenters. The first-order chi connectivity index (χ1) is 14.8. The molecule has 31 heavy (non-hydrogen) atoms. The Hall–Kier alpha value is -3.40. The van der Waals surface area contributed by atoms with Crippen LogP contribution in [-0.2, 0) is 26.0 Å². The number of aryl methyl sites for hydroxylation is 1. The summed E-state index contributed by atoms with van der Waals surface area (Å²) < 4.78 is 33.3. The molecule has 10 heteroatoms. The zero-order valence-corrected chi connectivity index (χ0v) is 17.6. The Morgan fingerprint density at radius 1 is 1.23 bits per heavy atom. The number of hydrogen-bond donors (Lipinski definition) is 1.